The molecule has 27 heavy (non-hydrogen) atoms. The summed E-state index contributed by atoms with van der Waals surface area (Å²) in [5.74, 6) is 0.126. The monoisotopic (exact) mass is 417 g/mol. The number of hydrogen-bond acceptors (Lipinski definition) is 6. The molecule has 0 radical (unpaired) electrons. The molecule has 1 unspecified atom stereocenters. The van der Waals surface area contributed by atoms with Gasteiger partial charge in [0.05, 0.1) is 30.8 Å². The Morgan fingerprint density at radius 1 is 1.33 bits per heavy atom. The van der Waals surface area contributed by atoms with Crippen LogP contribution in [0.5, 0.6) is 5.75 Å². The topological polar surface area (TPSA) is 105 Å². The quantitative estimate of drug-likeness (QED) is 0.651. The van der Waals surface area contributed by atoms with Gasteiger partial charge in [0.15, 0.2) is 9.84 Å². The second kappa shape index (κ2) is 9.38. The van der Waals surface area contributed by atoms with Crippen LogP contribution in [0.25, 0.3) is 0 Å². The van der Waals surface area contributed by atoms with Crippen LogP contribution in [-0.2, 0) is 19.4 Å². The first-order chi connectivity index (χ1) is 12.7. The van der Waals surface area contributed by atoms with E-state index < -0.39 is 9.84 Å². The predicted molar refractivity (Wildman–Crippen MR) is 104 cm³/mol. The highest BCUT2D eigenvalue weighted by Crippen LogP contribution is 2.27. The number of carbonyl (C=O) groups is 2. The van der Waals surface area contributed by atoms with Gasteiger partial charge in [-0.25, -0.2) is 8.42 Å². The zero-order valence-corrected chi connectivity index (χ0v) is 16.9. The molecule has 1 heterocycles. The summed E-state index contributed by atoms with van der Waals surface area (Å²) in [6, 6.07) is 4.61. The average Bonchev–Trinajstić information content (AvgIpc) is 2.91. The summed E-state index contributed by atoms with van der Waals surface area (Å²) < 4.78 is 28.0. The number of rotatable bonds is 8. The fourth-order valence-corrected chi connectivity index (χ4v) is 4.63. The van der Waals surface area contributed by atoms with Crippen molar-refractivity contribution in [2.24, 2.45) is 0 Å². The van der Waals surface area contributed by atoms with E-state index >= 15 is 0 Å². The lowest BCUT2D eigenvalue weighted by molar-refractivity contribution is -0.123. The number of sulfone groups is 1. The molecule has 0 aromatic heterocycles. The minimum atomic E-state index is -3.03. The third kappa shape index (κ3) is 7.00. The Hall–Kier alpha value is -1.84. The summed E-state index contributed by atoms with van der Waals surface area (Å²) in [6.45, 7) is 0.454. The number of ether oxygens (including phenoxy) is 1. The lowest BCUT2D eigenvalue weighted by Gasteiger charge is -2.18. The first-order valence-corrected chi connectivity index (χ1v) is 10.7. The van der Waals surface area contributed by atoms with Gasteiger partial charge in [0.1, 0.15) is 5.75 Å². The van der Waals surface area contributed by atoms with E-state index in [-0.39, 0.29) is 42.3 Å². The van der Waals surface area contributed by atoms with Crippen molar-refractivity contribution in [3.63, 3.8) is 0 Å². The van der Waals surface area contributed by atoms with Crippen molar-refractivity contribution in [2.45, 2.75) is 18.9 Å². The average molecular weight is 418 g/mol. The first kappa shape index (κ1) is 21.5. The highest BCUT2D eigenvalue weighted by atomic mass is 35.5. The molecule has 0 saturated carbocycles. The molecular formula is C17H24ClN3O5S. The maximum atomic E-state index is 12.1. The number of nitrogens with zero attached hydrogens (tertiary/aromatic N) is 1. The highest BCUT2D eigenvalue weighted by molar-refractivity contribution is 7.91. The molecule has 1 aliphatic rings. The van der Waals surface area contributed by atoms with Crippen molar-refractivity contribution in [1.29, 1.82) is 0 Å². The van der Waals surface area contributed by atoms with Crippen LogP contribution < -0.4 is 15.4 Å². The van der Waals surface area contributed by atoms with Gasteiger partial charge < -0.3 is 15.4 Å². The van der Waals surface area contributed by atoms with E-state index in [4.69, 9.17) is 16.3 Å². The lowest BCUT2D eigenvalue weighted by Crippen LogP contribution is -2.42. The van der Waals surface area contributed by atoms with Crippen LogP contribution in [0.4, 0.5) is 5.69 Å². The van der Waals surface area contributed by atoms with E-state index in [0.29, 0.717) is 29.4 Å². The van der Waals surface area contributed by atoms with E-state index in [1.165, 1.54) is 7.11 Å². The minimum Gasteiger partial charge on any atom is -0.495 e. The van der Waals surface area contributed by atoms with Gasteiger partial charge in [-0.05, 0) is 31.7 Å². The third-order valence-electron chi connectivity index (χ3n) is 4.17. The summed E-state index contributed by atoms with van der Waals surface area (Å²) in [4.78, 5) is 25.8. The summed E-state index contributed by atoms with van der Waals surface area (Å²) in [5, 5.41) is 5.94. The van der Waals surface area contributed by atoms with Crippen molar-refractivity contribution in [3.8, 4) is 5.75 Å². The van der Waals surface area contributed by atoms with Gasteiger partial charge >= 0.3 is 0 Å². The molecule has 0 bridgehead atoms. The van der Waals surface area contributed by atoms with Crippen molar-refractivity contribution in [3.05, 3.63) is 23.2 Å². The van der Waals surface area contributed by atoms with E-state index in [0.717, 1.165) is 0 Å². The molecule has 150 valence electrons. The number of likely N-dealkylation sites (N-methyl/N-ethyl adjacent to an activating group) is 1. The maximum absolute atomic E-state index is 12.1. The van der Waals surface area contributed by atoms with Gasteiger partial charge in [0.2, 0.25) is 11.8 Å². The second-order valence-electron chi connectivity index (χ2n) is 6.55. The first-order valence-electron chi connectivity index (χ1n) is 8.50. The van der Waals surface area contributed by atoms with Gasteiger partial charge in [0, 0.05) is 24.0 Å². The molecule has 1 saturated heterocycles. The summed E-state index contributed by atoms with van der Waals surface area (Å²) in [7, 11) is 0.191. The summed E-state index contributed by atoms with van der Waals surface area (Å²) in [5.41, 5.74) is 0.484. The van der Waals surface area contributed by atoms with Crippen molar-refractivity contribution in [1.82, 2.24) is 10.2 Å². The lowest BCUT2D eigenvalue weighted by atomic mass is 10.2. The molecule has 1 aromatic rings. The zero-order valence-electron chi connectivity index (χ0n) is 15.3. The largest absolute Gasteiger partial charge is 0.495 e. The van der Waals surface area contributed by atoms with Crippen LogP contribution in [0.1, 0.15) is 12.8 Å². The summed E-state index contributed by atoms with van der Waals surface area (Å²) in [6.07, 6.45) is 0.624. The van der Waals surface area contributed by atoms with Gasteiger partial charge in [0.25, 0.3) is 0 Å². The van der Waals surface area contributed by atoms with Crippen LogP contribution in [0.15, 0.2) is 18.2 Å². The van der Waals surface area contributed by atoms with E-state index in [2.05, 4.69) is 10.6 Å². The fraction of sp³-hybridized carbons (Fsp3) is 0.529. The normalized spacial score (nSPS) is 18.3. The molecule has 1 aromatic carbocycles. The van der Waals surface area contributed by atoms with Gasteiger partial charge in [-0.15, -0.1) is 0 Å². The number of amides is 2. The number of anilines is 1. The molecule has 0 aliphatic carbocycles. The molecule has 1 fully saturated rings. The molecule has 0 spiro atoms. The number of nitrogens with one attached hydrogen (secondary N) is 2. The van der Waals surface area contributed by atoms with Crippen LogP contribution in [0, 0.1) is 0 Å². The summed E-state index contributed by atoms with van der Waals surface area (Å²) >= 11 is 5.93. The Kier molecular flexibility index (Phi) is 7.46. The Morgan fingerprint density at radius 3 is 2.70 bits per heavy atom. The molecule has 10 heteroatoms. The zero-order chi connectivity index (χ0) is 20.0. The van der Waals surface area contributed by atoms with E-state index in [9.17, 15) is 18.0 Å². The smallest absolute Gasteiger partial charge is 0.234 e. The molecular weight excluding hydrogens is 394 g/mol. The van der Waals surface area contributed by atoms with E-state index in [1.807, 2.05) is 0 Å². The Labute approximate surface area is 164 Å². The standard InChI is InChI=1S/C17H24ClN3O5S/c1-21(10-17(23)19-13-6-8-27(24,25)11-13)7-5-16(22)20-14-9-12(18)3-4-15(14)26-2/h3-4,9,13H,5-8,10-11H2,1-2H3,(H,19,23)(H,20,22). The van der Waals surface area contributed by atoms with Crippen LogP contribution in [0.3, 0.4) is 0 Å². The second-order valence-corrected chi connectivity index (χ2v) is 9.21. The van der Waals surface area contributed by atoms with Crippen molar-refractivity contribution >= 4 is 38.9 Å². The van der Waals surface area contributed by atoms with E-state index in [1.54, 1.807) is 30.1 Å². The van der Waals surface area contributed by atoms with Crippen LogP contribution in [-0.4, -0.2) is 69.9 Å². The van der Waals surface area contributed by atoms with Crippen LogP contribution in [0.2, 0.25) is 5.02 Å². The Balaban J connectivity index is 1.75. The molecule has 8 nitrogen and oxygen atoms in total. The van der Waals surface area contributed by atoms with Crippen LogP contribution >= 0.6 is 11.6 Å². The van der Waals surface area contributed by atoms with Gasteiger partial charge in [-0.1, -0.05) is 11.6 Å². The molecule has 2 amide bonds. The van der Waals surface area contributed by atoms with Crippen molar-refractivity contribution in [2.75, 3.05) is 44.1 Å². The maximum Gasteiger partial charge on any atom is 0.234 e. The Morgan fingerprint density at radius 2 is 2.07 bits per heavy atom. The fourth-order valence-electron chi connectivity index (χ4n) is 2.79. The number of benzene rings is 1. The number of carbonyl (C=O) groups excluding carboxylic acids is 2. The third-order valence-corrected chi connectivity index (χ3v) is 6.17. The minimum absolute atomic E-state index is 0.00761. The van der Waals surface area contributed by atoms with Gasteiger partial charge in [-0.3, -0.25) is 14.5 Å². The van der Waals surface area contributed by atoms with Crippen molar-refractivity contribution < 1.29 is 22.7 Å². The Bertz CT molecular complexity index is 800. The highest BCUT2D eigenvalue weighted by Gasteiger charge is 2.28. The number of hydrogen-bond donors (Lipinski definition) is 2. The molecule has 1 atom stereocenters. The predicted octanol–water partition coefficient (Wildman–Crippen LogP) is 0.912. The molecule has 2 N–H and O–H groups in total. The SMILES string of the molecule is COc1ccc(Cl)cc1NC(=O)CCN(C)CC(=O)NC1CCS(=O)(=O)C1. The van der Waals surface area contributed by atoms with Gasteiger partial charge in [-0.2, -0.15) is 0 Å². The molecule has 2 rings (SSSR count). The number of halogens is 1. The molecule has 1 aliphatic heterocycles. The number of methoxy groups -OCH3 is 1.